The van der Waals surface area contributed by atoms with Crippen molar-refractivity contribution in [2.45, 2.75) is 24.9 Å². The van der Waals surface area contributed by atoms with Gasteiger partial charge in [-0.25, -0.2) is 4.98 Å². The first-order valence-electron chi connectivity index (χ1n) is 6.12. The molecule has 7 nitrogen and oxygen atoms in total. The fraction of sp³-hybridized carbons (Fsp3) is 0.636. The van der Waals surface area contributed by atoms with E-state index in [4.69, 9.17) is 22.1 Å². The molecule has 0 unspecified atom stereocenters. The molecule has 0 saturated carbocycles. The highest BCUT2D eigenvalue weighted by Gasteiger charge is 2.36. The maximum atomic E-state index is 9.78. The van der Waals surface area contributed by atoms with Crippen LogP contribution in [-0.4, -0.2) is 62.2 Å². The molecule has 0 aliphatic carbocycles. The second kappa shape index (κ2) is 4.71. The molecule has 0 radical (unpaired) electrons. The molecule has 3 N–H and O–H groups in total. The number of aromatic nitrogens is 2. The Morgan fingerprint density at radius 2 is 2.42 bits per heavy atom. The zero-order chi connectivity index (χ0) is 13.6. The summed E-state index contributed by atoms with van der Waals surface area (Å²) in [6, 6.07) is 0. The van der Waals surface area contributed by atoms with Gasteiger partial charge in [0.25, 0.3) is 0 Å². The van der Waals surface area contributed by atoms with Gasteiger partial charge in [-0.05, 0) is 0 Å². The van der Waals surface area contributed by atoms with Crippen LogP contribution in [0, 0.1) is 0 Å². The van der Waals surface area contributed by atoms with Crippen molar-refractivity contribution >= 4 is 23.0 Å². The van der Waals surface area contributed by atoms with E-state index < -0.39 is 12.2 Å². The van der Waals surface area contributed by atoms with Gasteiger partial charge in [-0.3, -0.25) is 4.57 Å². The number of hydrogen-bond acceptors (Lipinski definition) is 6. The van der Waals surface area contributed by atoms with Crippen LogP contribution in [0.5, 0.6) is 0 Å². The zero-order valence-corrected chi connectivity index (χ0v) is 11.3. The predicted octanol–water partition coefficient (Wildman–Crippen LogP) is -0.486. The lowest BCUT2D eigenvalue weighted by molar-refractivity contribution is -0.0437. The molecule has 1 aromatic heterocycles. The molecule has 1 fully saturated rings. The monoisotopic (exact) mass is 284 g/mol. The first kappa shape index (κ1) is 12.8. The smallest absolute Gasteiger partial charge is 0.140 e. The van der Waals surface area contributed by atoms with Gasteiger partial charge in [-0.15, -0.1) is 0 Å². The molecule has 0 bridgehead atoms. The predicted molar refractivity (Wildman–Crippen MR) is 71.8 cm³/mol. The van der Waals surface area contributed by atoms with Gasteiger partial charge in [0.05, 0.1) is 25.7 Å². The summed E-state index contributed by atoms with van der Waals surface area (Å²) in [5, 5.41) is 22.1. The van der Waals surface area contributed by atoms with Crippen molar-refractivity contribution in [3.63, 3.8) is 0 Å². The average Bonchev–Trinajstić information content (AvgIpc) is 2.97. The topological polar surface area (TPSA) is 82.8 Å². The minimum Gasteiger partial charge on any atom is -0.394 e. The average molecular weight is 284 g/mol. The van der Waals surface area contributed by atoms with E-state index in [2.05, 4.69) is 10.3 Å². The van der Waals surface area contributed by atoms with E-state index in [1.807, 2.05) is 16.5 Å². The van der Waals surface area contributed by atoms with Gasteiger partial charge in [0.15, 0.2) is 0 Å². The molecule has 19 heavy (non-hydrogen) atoms. The number of anilines is 1. The Bertz CT molecular complexity index is 506. The number of hydrogen-bond donors (Lipinski definition) is 3. The molecule has 1 saturated heterocycles. The van der Waals surface area contributed by atoms with E-state index in [-0.39, 0.29) is 12.8 Å². The highest BCUT2D eigenvalue weighted by molar-refractivity contribution is 7.80. The summed E-state index contributed by atoms with van der Waals surface area (Å²) in [4.78, 5) is 6.89. The van der Waals surface area contributed by atoms with Gasteiger partial charge in [0.2, 0.25) is 0 Å². The van der Waals surface area contributed by atoms with Crippen molar-refractivity contribution in [3.05, 3.63) is 12.0 Å². The van der Waals surface area contributed by atoms with Crippen LogP contribution < -0.4 is 5.32 Å². The highest BCUT2D eigenvalue weighted by Crippen LogP contribution is 2.33. The van der Waals surface area contributed by atoms with Gasteiger partial charge in [-0.1, -0.05) is 12.2 Å². The van der Waals surface area contributed by atoms with Crippen molar-refractivity contribution in [2.75, 3.05) is 25.6 Å². The van der Waals surface area contributed by atoms with E-state index in [1.54, 1.807) is 6.33 Å². The van der Waals surface area contributed by atoms with Crippen LogP contribution in [0.1, 0.15) is 18.3 Å². The summed E-state index contributed by atoms with van der Waals surface area (Å²) < 4.78 is 7.45. The van der Waals surface area contributed by atoms with Gasteiger partial charge in [-0.2, -0.15) is 0 Å². The number of nitrogens with zero attached hydrogens (tertiary/aromatic N) is 3. The van der Waals surface area contributed by atoms with Crippen LogP contribution >= 0.6 is 12.2 Å². The Morgan fingerprint density at radius 1 is 1.63 bits per heavy atom. The third-order valence-electron chi connectivity index (χ3n) is 3.52. The summed E-state index contributed by atoms with van der Waals surface area (Å²) in [7, 11) is 1.90. The van der Waals surface area contributed by atoms with Crippen LogP contribution in [0.15, 0.2) is 6.33 Å². The number of rotatable bonds is 2. The van der Waals surface area contributed by atoms with E-state index in [9.17, 15) is 5.11 Å². The van der Waals surface area contributed by atoms with Crippen LogP contribution in [0.25, 0.3) is 0 Å². The molecule has 3 atom stereocenters. The van der Waals surface area contributed by atoms with Crippen molar-refractivity contribution in [1.82, 2.24) is 14.5 Å². The van der Waals surface area contributed by atoms with Gasteiger partial charge >= 0.3 is 0 Å². The van der Waals surface area contributed by atoms with E-state index in [1.165, 1.54) is 0 Å². The zero-order valence-electron chi connectivity index (χ0n) is 10.5. The van der Waals surface area contributed by atoms with Crippen LogP contribution in [0.3, 0.4) is 0 Å². The first-order chi connectivity index (χ1) is 9.11. The molecule has 0 spiro atoms. The Labute approximate surface area is 115 Å². The molecule has 3 heterocycles. The fourth-order valence-corrected chi connectivity index (χ4v) is 2.62. The highest BCUT2D eigenvalue weighted by atomic mass is 32.1. The molecule has 2 aliphatic rings. The molecule has 8 heteroatoms. The molecule has 1 aromatic rings. The lowest BCUT2D eigenvalue weighted by Gasteiger charge is -2.27. The third kappa shape index (κ3) is 2.00. The lowest BCUT2D eigenvalue weighted by Crippen LogP contribution is -2.37. The summed E-state index contributed by atoms with van der Waals surface area (Å²) in [6.07, 6.45) is 0.549. The number of aliphatic hydroxyl groups is 2. The number of nitrogens with one attached hydrogen (secondary N) is 1. The Kier molecular flexibility index (Phi) is 3.17. The fourth-order valence-electron chi connectivity index (χ4n) is 2.41. The van der Waals surface area contributed by atoms with Gasteiger partial charge in [0, 0.05) is 13.5 Å². The SMILES string of the molecule is CN1CNc2c(ncn2[C@H]2C[C@H](O)[C@@H](CO)O2)C1=S. The van der Waals surface area contributed by atoms with E-state index in [0.717, 1.165) is 5.82 Å². The van der Waals surface area contributed by atoms with Crippen molar-refractivity contribution < 1.29 is 14.9 Å². The Balaban J connectivity index is 1.88. The minimum atomic E-state index is -0.661. The standard InChI is InChI=1S/C11H16N4O3S/c1-14-4-13-10-9(11(14)19)12-5-15(10)8-2-6(17)7(3-16)18-8/h5-8,13,16-17H,2-4H2,1H3/t6-,7+,8+/m0/s1. The molecule has 104 valence electrons. The summed E-state index contributed by atoms with van der Waals surface area (Å²) in [6.45, 7) is 0.416. The molecule has 2 aliphatic heterocycles. The maximum Gasteiger partial charge on any atom is 0.140 e. The molecular formula is C11H16N4O3S. The maximum absolute atomic E-state index is 9.78. The third-order valence-corrected chi connectivity index (χ3v) is 4.03. The van der Waals surface area contributed by atoms with Crippen LogP contribution in [0.2, 0.25) is 0 Å². The Morgan fingerprint density at radius 3 is 3.11 bits per heavy atom. The largest absolute Gasteiger partial charge is 0.394 e. The number of ether oxygens (including phenoxy) is 1. The van der Waals surface area contributed by atoms with Gasteiger partial charge < -0.3 is 25.2 Å². The summed E-state index contributed by atoms with van der Waals surface area (Å²) in [5.74, 6) is 0.805. The Hall–Kier alpha value is -1.22. The van der Waals surface area contributed by atoms with Crippen molar-refractivity contribution in [1.29, 1.82) is 0 Å². The number of imidazole rings is 1. The van der Waals surface area contributed by atoms with Gasteiger partial charge in [0.1, 0.15) is 28.8 Å². The van der Waals surface area contributed by atoms with E-state index in [0.29, 0.717) is 23.8 Å². The number of thiocarbonyl (C=S) groups is 1. The number of fused-ring (bicyclic) bond motifs is 1. The minimum absolute atomic E-state index is 0.191. The summed E-state index contributed by atoms with van der Waals surface area (Å²) >= 11 is 5.32. The molecule has 3 rings (SSSR count). The van der Waals surface area contributed by atoms with Crippen molar-refractivity contribution in [3.8, 4) is 0 Å². The van der Waals surface area contributed by atoms with Crippen LogP contribution in [-0.2, 0) is 4.74 Å². The lowest BCUT2D eigenvalue weighted by atomic mass is 10.2. The normalized spacial score (nSPS) is 30.4. The second-order valence-corrected chi connectivity index (χ2v) is 5.19. The van der Waals surface area contributed by atoms with Crippen LogP contribution in [0.4, 0.5) is 5.82 Å². The molecule has 0 aromatic carbocycles. The van der Waals surface area contributed by atoms with E-state index >= 15 is 0 Å². The first-order valence-corrected chi connectivity index (χ1v) is 6.53. The summed E-state index contributed by atoms with van der Waals surface area (Å²) in [5.41, 5.74) is 0.717. The molecular weight excluding hydrogens is 268 g/mol. The number of aliphatic hydroxyl groups excluding tert-OH is 2. The quantitative estimate of drug-likeness (QED) is 0.632. The van der Waals surface area contributed by atoms with Crippen molar-refractivity contribution in [2.24, 2.45) is 0 Å². The second-order valence-electron chi connectivity index (χ2n) is 4.80. The molecule has 0 amide bonds.